The van der Waals surface area contributed by atoms with Crippen LogP contribution in [0.4, 0.5) is 5.69 Å². The second-order valence-corrected chi connectivity index (χ2v) is 4.42. The lowest BCUT2D eigenvalue weighted by Gasteiger charge is -2.35. The first-order valence-corrected chi connectivity index (χ1v) is 5.57. The van der Waals surface area contributed by atoms with Crippen molar-refractivity contribution in [3.8, 4) is 0 Å². The Kier molecular flexibility index (Phi) is 2.95. The van der Waals surface area contributed by atoms with E-state index in [-0.39, 0.29) is 5.60 Å². The van der Waals surface area contributed by atoms with Gasteiger partial charge in [0.2, 0.25) is 0 Å². The lowest BCUT2D eigenvalue weighted by molar-refractivity contribution is -0.0540. The van der Waals surface area contributed by atoms with Gasteiger partial charge >= 0.3 is 0 Å². The van der Waals surface area contributed by atoms with Crippen LogP contribution in [0.2, 0.25) is 0 Å². The average Bonchev–Trinajstić information content (AvgIpc) is 2.65. The quantitative estimate of drug-likeness (QED) is 0.826. The summed E-state index contributed by atoms with van der Waals surface area (Å²) >= 11 is 0. The Morgan fingerprint density at radius 3 is 2.73 bits per heavy atom. The summed E-state index contributed by atoms with van der Waals surface area (Å²) in [4.78, 5) is 0. The summed E-state index contributed by atoms with van der Waals surface area (Å²) in [5, 5.41) is 4.21. The third-order valence-electron chi connectivity index (χ3n) is 3.30. The van der Waals surface area contributed by atoms with Crippen LogP contribution in [0.1, 0.15) is 32.1 Å². The zero-order valence-corrected chi connectivity index (χ0v) is 9.28. The van der Waals surface area contributed by atoms with E-state index in [1.165, 1.54) is 19.3 Å². The van der Waals surface area contributed by atoms with E-state index in [2.05, 4.69) is 5.10 Å². The van der Waals surface area contributed by atoms with Crippen molar-refractivity contribution >= 4 is 5.69 Å². The Bertz CT molecular complexity index is 315. The van der Waals surface area contributed by atoms with Gasteiger partial charge in [0.05, 0.1) is 24.0 Å². The second kappa shape index (κ2) is 4.23. The molecule has 1 aromatic heterocycles. The molecule has 0 aliphatic heterocycles. The lowest BCUT2D eigenvalue weighted by atomic mass is 9.84. The standard InChI is InChI=1S/C11H19N3O/c1-15-11(5-3-2-4-6-11)9-14-8-10(12)7-13-14/h7-8H,2-6,9,12H2,1H3. The number of hydrogen-bond acceptors (Lipinski definition) is 3. The lowest BCUT2D eigenvalue weighted by Crippen LogP contribution is -2.38. The van der Waals surface area contributed by atoms with Crippen molar-refractivity contribution in [1.29, 1.82) is 0 Å². The van der Waals surface area contributed by atoms with Gasteiger partial charge in [0.15, 0.2) is 0 Å². The Hall–Kier alpha value is -1.03. The molecule has 84 valence electrons. The molecule has 1 aromatic rings. The van der Waals surface area contributed by atoms with Crippen molar-refractivity contribution in [2.75, 3.05) is 12.8 Å². The minimum absolute atomic E-state index is 0.0172. The van der Waals surface area contributed by atoms with Gasteiger partial charge in [-0.3, -0.25) is 4.68 Å². The van der Waals surface area contributed by atoms with Gasteiger partial charge < -0.3 is 10.5 Å². The predicted molar refractivity (Wildman–Crippen MR) is 59.5 cm³/mol. The molecule has 1 fully saturated rings. The molecule has 0 amide bonds. The SMILES string of the molecule is COC1(Cn2cc(N)cn2)CCCCC1. The van der Waals surface area contributed by atoms with Gasteiger partial charge in [-0.15, -0.1) is 0 Å². The largest absolute Gasteiger partial charge is 0.396 e. The number of rotatable bonds is 3. The minimum atomic E-state index is -0.0172. The molecule has 0 unspecified atom stereocenters. The molecule has 2 rings (SSSR count). The first-order chi connectivity index (χ1) is 7.24. The number of nitrogens with two attached hydrogens (primary N) is 1. The van der Waals surface area contributed by atoms with Crippen LogP contribution in [0.25, 0.3) is 0 Å². The molecule has 4 nitrogen and oxygen atoms in total. The van der Waals surface area contributed by atoms with E-state index in [9.17, 15) is 0 Å². The molecule has 0 saturated heterocycles. The highest BCUT2D eigenvalue weighted by atomic mass is 16.5. The first-order valence-electron chi connectivity index (χ1n) is 5.57. The Balaban J connectivity index is 2.06. The van der Waals surface area contributed by atoms with Crippen LogP contribution in [-0.4, -0.2) is 22.5 Å². The van der Waals surface area contributed by atoms with E-state index in [0.717, 1.165) is 25.1 Å². The Morgan fingerprint density at radius 1 is 1.47 bits per heavy atom. The van der Waals surface area contributed by atoms with Crippen molar-refractivity contribution in [3.05, 3.63) is 12.4 Å². The van der Waals surface area contributed by atoms with Gasteiger partial charge in [0.1, 0.15) is 0 Å². The molecular formula is C11H19N3O. The molecule has 0 aromatic carbocycles. The van der Waals surface area contributed by atoms with Crippen molar-refractivity contribution in [3.63, 3.8) is 0 Å². The molecule has 1 saturated carbocycles. The van der Waals surface area contributed by atoms with Crippen LogP contribution in [0, 0.1) is 0 Å². The predicted octanol–water partition coefficient (Wildman–Crippen LogP) is 1.81. The van der Waals surface area contributed by atoms with Gasteiger partial charge in [0.25, 0.3) is 0 Å². The maximum atomic E-state index is 5.69. The van der Waals surface area contributed by atoms with E-state index in [0.29, 0.717) is 0 Å². The summed E-state index contributed by atoms with van der Waals surface area (Å²) < 4.78 is 7.58. The third-order valence-corrected chi connectivity index (χ3v) is 3.30. The van der Waals surface area contributed by atoms with Crippen molar-refractivity contribution in [1.82, 2.24) is 9.78 Å². The molecule has 2 N–H and O–H groups in total. The van der Waals surface area contributed by atoms with Gasteiger partial charge in [-0.25, -0.2) is 0 Å². The number of aromatic nitrogens is 2. The third kappa shape index (κ3) is 2.31. The summed E-state index contributed by atoms with van der Waals surface area (Å²) in [7, 11) is 1.80. The molecule has 1 aliphatic carbocycles. The zero-order valence-electron chi connectivity index (χ0n) is 9.28. The fourth-order valence-corrected chi connectivity index (χ4v) is 2.38. The Morgan fingerprint density at radius 2 is 2.20 bits per heavy atom. The van der Waals surface area contributed by atoms with Crippen molar-refractivity contribution < 1.29 is 4.74 Å². The van der Waals surface area contributed by atoms with Gasteiger partial charge in [-0.2, -0.15) is 5.10 Å². The van der Waals surface area contributed by atoms with E-state index < -0.39 is 0 Å². The highest BCUT2D eigenvalue weighted by Crippen LogP contribution is 2.32. The number of anilines is 1. The van der Waals surface area contributed by atoms with Crippen molar-refractivity contribution in [2.45, 2.75) is 44.2 Å². The fourth-order valence-electron chi connectivity index (χ4n) is 2.38. The molecule has 15 heavy (non-hydrogen) atoms. The number of nitrogen functional groups attached to an aromatic ring is 1. The summed E-state index contributed by atoms with van der Waals surface area (Å²) in [6.45, 7) is 0.820. The topological polar surface area (TPSA) is 53.1 Å². The first kappa shape index (κ1) is 10.5. The molecule has 0 radical (unpaired) electrons. The van der Waals surface area contributed by atoms with Crippen LogP contribution >= 0.6 is 0 Å². The molecule has 0 atom stereocenters. The monoisotopic (exact) mass is 209 g/mol. The highest BCUT2D eigenvalue weighted by molar-refractivity contribution is 5.30. The van der Waals surface area contributed by atoms with E-state index >= 15 is 0 Å². The smallest absolute Gasteiger partial charge is 0.0873 e. The summed E-state index contributed by atoms with van der Waals surface area (Å²) in [6.07, 6.45) is 9.65. The zero-order chi connectivity index (χ0) is 10.7. The molecule has 0 spiro atoms. The molecule has 1 heterocycles. The summed E-state index contributed by atoms with van der Waals surface area (Å²) in [5.74, 6) is 0. The van der Waals surface area contributed by atoms with Crippen molar-refractivity contribution in [2.24, 2.45) is 0 Å². The van der Waals surface area contributed by atoms with E-state index in [1.54, 1.807) is 13.3 Å². The number of methoxy groups -OCH3 is 1. The minimum Gasteiger partial charge on any atom is -0.396 e. The summed E-state index contributed by atoms with van der Waals surface area (Å²) in [5.41, 5.74) is 6.35. The highest BCUT2D eigenvalue weighted by Gasteiger charge is 2.32. The molecule has 4 heteroatoms. The van der Waals surface area contributed by atoms with Crippen LogP contribution in [-0.2, 0) is 11.3 Å². The van der Waals surface area contributed by atoms with Gasteiger partial charge in [-0.05, 0) is 12.8 Å². The second-order valence-electron chi connectivity index (χ2n) is 4.42. The van der Waals surface area contributed by atoms with E-state index in [4.69, 9.17) is 10.5 Å². The van der Waals surface area contributed by atoms with Crippen LogP contribution in [0.5, 0.6) is 0 Å². The Labute approximate surface area is 90.4 Å². The van der Waals surface area contributed by atoms with Crippen LogP contribution in [0.3, 0.4) is 0 Å². The van der Waals surface area contributed by atoms with E-state index in [1.807, 2.05) is 10.9 Å². The molecule has 1 aliphatic rings. The maximum Gasteiger partial charge on any atom is 0.0873 e. The number of nitrogens with zero attached hydrogens (tertiary/aromatic N) is 2. The van der Waals surface area contributed by atoms with Crippen LogP contribution in [0.15, 0.2) is 12.4 Å². The molecule has 0 bridgehead atoms. The summed E-state index contributed by atoms with van der Waals surface area (Å²) in [6, 6.07) is 0. The normalized spacial score (nSPS) is 20.3. The van der Waals surface area contributed by atoms with Gasteiger partial charge in [-0.1, -0.05) is 19.3 Å². The molecular weight excluding hydrogens is 190 g/mol. The maximum absolute atomic E-state index is 5.69. The van der Waals surface area contributed by atoms with Crippen LogP contribution < -0.4 is 5.73 Å². The average molecular weight is 209 g/mol. The van der Waals surface area contributed by atoms with Gasteiger partial charge in [0, 0.05) is 13.3 Å². The fraction of sp³-hybridized carbons (Fsp3) is 0.727. The number of ether oxygens (including phenoxy) is 1. The number of hydrogen-bond donors (Lipinski definition) is 1.